The van der Waals surface area contributed by atoms with Gasteiger partial charge in [-0.15, -0.1) is 0 Å². The number of phenolic OH excluding ortho intramolecular Hbond substituents is 1. The Labute approximate surface area is 120 Å². The number of hydrogen-bond donors (Lipinski definition) is 1. The molecule has 0 radical (unpaired) electrons. The van der Waals surface area contributed by atoms with E-state index < -0.39 is 23.2 Å². The summed E-state index contributed by atoms with van der Waals surface area (Å²) in [4.78, 5) is 0. The van der Waals surface area contributed by atoms with Gasteiger partial charge in [-0.05, 0) is 36.2 Å². The Morgan fingerprint density at radius 1 is 1.05 bits per heavy atom. The number of halogens is 3. The van der Waals surface area contributed by atoms with Crippen molar-refractivity contribution in [3.8, 4) is 22.6 Å². The van der Waals surface area contributed by atoms with Gasteiger partial charge in [0, 0.05) is 5.56 Å². The van der Waals surface area contributed by atoms with Gasteiger partial charge in [-0.1, -0.05) is 19.4 Å². The molecule has 0 amide bonds. The Kier molecular flexibility index (Phi) is 4.73. The van der Waals surface area contributed by atoms with E-state index in [1.165, 1.54) is 18.2 Å². The topological polar surface area (TPSA) is 29.5 Å². The van der Waals surface area contributed by atoms with Crippen molar-refractivity contribution >= 4 is 0 Å². The summed E-state index contributed by atoms with van der Waals surface area (Å²) in [6.45, 7) is 2.27. The highest BCUT2D eigenvalue weighted by atomic mass is 19.2. The fourth-order valence-electron chi connectivity index (χ4n) is 1.87. The lowest BCUT2D eigenvalue weighted by atomic mass is 10.0. The van der Waals surface area contributed by atoms with E-state index in [1.54, 1.807) is 0 Å². The minimum absolute atomic E-state index is 0.0887. The molecule has 0 heterocycles. The molecule has 5 heteroatoms. The Balaban J connectivity index is 2.33. The standard InChI is InChI=1S/C16H15F3O2/c1-2-3-8-21-14-7-5-11(15(18)16(14)19)10-4-6-13(20)12(17)9-10/h4-7,9,20H,2-3,8H2,1H3. The van der Waals surface area contributed by atoms with Crippen LogP contribution in [0.25, 0.3) is 11.1 Å². The monoisotopic (exact) mass is 296 g/mol. The number of phenols is 1. The minimum Gasteiger partial charge on any atom is -0.505 e. The van der Waals surface area contributed by atoms with Crippen molar-refractivity contribution in [3.63, 3.8) is 0 Å². The first kappa shape index (κ1) is 15.2. The third-order valence-corrected chi connectivity index (χ3v) is 3.06. The van der Waals surface area contributed by atoms with Crippen LogP contribution in [-0.2, 0) is 0 Å². The first-order chi connectivity index (χ1) is 10.0. The van der Waals surface area contributed by atoms with Crippen LogP contribution in [0.5, 0.6) is 11.5 Å². The Hall–Kier alpha value is -2.17. The average Bonchev–Trinajstić information content (AvgIpc) is 2.47. The SMILES string of the molecule is CCCCOc1ccc(-c2ccc(O)c(F)c2)c(F)c1F. The highest BCUT2D eigenvalue weighted by Crippen LogP contribution is 2.31. The maximum Gasteiger partial charge on any atom is 0.201 e. The van der Waals surface area contributed by atoms with Crippen LogP contribution in [0.4, 0.5) is 13.2 Å². The van der Waals surface area contributed by atoms with E-state index in [2.05, 4.69) is 0 Å². The number of aromatic hydroxyl groups is 1. The van der Waals surface area contributed by atoms with Crippen molar-refractivity contribution in [2.75, 3.05) is 6.61 Å². The molecule has 0 aliphatic carbocycles. The van der Waals surface area contributed by atoms with Gasteiger partial charge in [0.2, 0.25) is 5.82 Å². The zero-order chi connectivity index (χ0) is 15.4. The predicted molar refractivity (Wildman–Crippen MR) is 73.8 cm³/mol. The molecule has 0 aliphatic heterocycles. The van der Waals surface area contributed by atoms with Crippen LogP contribution in [0.1, 0.15) is 19.8 Å². The van der Waals surface area contributed by atoms with Crippen molar-refractivity contribution in [1.82, 2.24) is 0 Å². The van der Waals surface area contributed by atoms with E-state index >= 15 is 0 Å². The fraction of sp³-hybridized carbons (Fsp3) is 0.250. The van der Waals surface area contributed by atoms with Crippen molar-refractivity contribution < 1.29 is 23.0 Å². The second-order valence-corrected chi connectivity index (χ2v) is 4.61. The lowest BCUT2D eigenvalue weighted by molar-refractivity contribution is 0.289. The van der Waals surface area contributed by atoms with Crippen LogP contribution in [0.3, 0.4) is 0 Å². The largest absolute Gasteiger partial charge is 0.505 e. The summed E-state index contributed by atoms with van der Waals surface area (Å²) in [7, 11) is 0. The first-order valence-corrected chi connectivity index (χ1v) is 6.64. The second kappa shape index (κ2) is 6.52. The molecule has 2 rings (SSSR count). The minimum atomic E-state index is -1.10. The summed E-state index contributed by atoms with van der Waals surface area (Å²) in [5, 5.41) is 9.12. The lowest BCUT2D eigenvalue weighted by Crippen LogP contribution is -2.01. The van der Waals surface area contributed by atoms with E-state index in [0.29, 0.717) is 6.61 Å². The highest BCUT2D eigenvalue weighted by Gasteiger charge is 2.16. The Morgan fingerprint density at radius 3 is 2.48 bits per heavy atom. The van der Waals surface area contributed by atoms with Crippen LogP contribution >= 0.6 is 0 Å². The predicted octanol–water partition coefficient (Wildman–Crippen LogP) is 4.66. The number of unbranched alkanes of at least 4 members (excludes halogenated alkanes) is 1. The van der Waals surface area contributed by atoms with Crippen LogP contribution in [0.15, 0.2) is 30.3 Å². The highest BCUT2D eigenvalue weighted by molar-refractivity contribution is 5.66. The van der Waals surface area contributed by atoms with Gasteiger partial charge in [-0.2, -0.15) is 4.39 Å². The summed E-state index contributed by atoms with van der Waals surface area (Å²) < 4.78 is 46.4. The maximum atomic E-state index is 14.0. The van der Waals surface area contributed by atoms with Crippen molar-refractivity contribution in [3.05, 3.63) is 47.8 Å². The molecule has 2 aromatic rings. The van der Waals surface area contributed by atoms with Gasteiger partial charge >= 0.3 is 0 Å². The molecule has 0 aliphatic rings. The van der Waals surface area contributed by atoms with E-state index in [-0.39, 0.29) is 16.9 Å². The Bertz CT molecular complexity index is 642. The Morgan fingerprint density at radius 2 is 1.81 bits per heavy atom. The quantitative estimate of drug-likeness (QED) is 0.813. The molecular weight excluding hydrogens is 281 g/mol. The van der Waals surface area contributed by atoms with Gasteiger partial charge in [-0.3, -0.25) is 0 Å². The molecule has 0 aromatic heterocycles. The second-order valence-electron chi connectivity index (χ2n) is 4.61. The van der Waals surface area contributed by atoms with Crippen LogP contribution < -0.4 is 4.74 Å². The number of benzene rings is 2. The van der Waals surface area contributed by atoms with Crippen molar-refractivity contribution in [2.24, 2.45) is 0 Å². The van der Waals surface area contributed by atoms with Gasteiger partial charge < -0.3 is 9.84 Å². The molecule has 0 saturated heterocycles. The summed E-state index contributed by atoms with van der Waals surface area (Å²) in [6, 6.07) is 5.99. The fourth-order valence-corrected chi connectivity index (χ4v) is 1.87. The van der Waals surface area contributed by atoms with Gasteiger partial charge in [0.05, 0.1) is 6.61 Å². The van der Waals surface area contributed by atoms with Gasteiger partial charge in [0.15, 0.2) is 23.1 Å². The number of ether oxygens (including phenoxy) is 1. The van der Waals surface area contributed by atoms with Gasteiger partial charge in [0.25, 0.3) is 0 Å². The molecule has 0 spiro atoms. The van der Waals surface area contributed by atoms with E-state index in [0.717, 1.165) is 25.0 Å². The number of rotatable bonds is 5. The summed E-state index contributed by atoms with van der Waals surface area (Å²) >= 11 is 0. The smallest absolute Gasteiger partial charge is 0.201 e. The zero-order valence-electron chi connectivity index (χ0n) is 11.5. The average molecular weight is 296 g/mol. The first-order valence-electron chi connectivity index (χ1n) is 6.64. The van der Waals surface area contributed by atoms with Crippen LogP contribution in [0, 0.1) is 17.5 Å². The third-order valence-electron chi connectivity index (χ3n) is 3.06. The summed E-state index contributed by atoms with van der Waals surface area (Å²) in [5.41, 5.74) is 0.0519. The summed E-state index contributed by atoms with van der Waals surface area (Å²) in [6.07, 6.45) is 1.63. The maximum absolute atomic E-state index is 14.0. The van der Waals surface area contributed by atoms with Gasteiger partial charge in [0.1, 0.15) is 0 Å². The van der Waals surface area contributed by atoms with E-state index in [9.17, 15) is 13.2 Å². The van der Waals surface area contributed by atoms with E-state index in [1.807, 2.05) is 6.92 Å². The molecule has 112 valence electrons. The van der Waals surface area contributed by atoms with E-state index in [4.69, 9.17) is 9.84 Å². The molecule has 2 aromatic carbocycles. The molecule has 2 nitrogen and oxygen atoms in total. The molecular formula is C16H15F3O2. The number of hydrogen-bond acceptors (Lipinski definition) is 2. The zero-order valence-corrected chi connectivity index (χ0v) is 11.5. The molecule has 21 heavy (non-hydrogen) atoms. The molecule has 0 atom stereocenters. The molecule has 0 unspecified atom stereocenters. The molecule has 1 N–H and O–H groups in total. The lowest BCUT2D eigenvalue weighted by Gasteiger charge is -2.10. The van der Waals surface area contributed by atoms with Crippen LogP contribution in [0.2, 0.25) is 0 Å². The van der Waals surface area contributed by atoms with Crippen molar-refractivity contribution in [1.29, 1.82) is 0 Å². The normalized spacial score (nSPS) is 10.7. The van der Waals surface area contributed by atoms with Gasteiger partial charge in [-0.25, -0.2) is 8.78 Å². The van der Waals surface area contributed by atoms with Crippen molar-refractivity contribution in [2.45, 2.75) is 19.8 Å². The third kappa shape index (κ3) is 3.29. The molecule has 0 saturated carbocycles. The van der Waals surface area contributed by atoms with Crippen LogP contribution in [-0.4, -0.2) is 11.7 Å². The summed E-state index contributed by atoms with van der Waals surface area (Å²) in [5.74, 6) is -3.80. The molecule has 0 bridgehead atoms. The molecule has 0 fully saturated rings.